The van der Waals surface area contributed by atoms with Crippen LogP contribution in [0.25, 0.3) is 0 Å². The summed E-state index contributed by atoms with van der Waals surface area (Å²) in [7, 11) is 0. The zero-order valence-electron chi connectivity index (χ0n) is 11.0. The van der Waals surface area contributed by atoms with Gasteiger partial charge in [-0.3, -0.25) is 0 Å². The topological polar surface area (TPSA) is 35.2 Å². The van der Waals surface area contributed by atoms with E-state index in [0.29, 0.717) is 12.5 Å². The van der Waals surface area contributed by atoms with Crippen LogP contribution < -0.4 is 10.5 Å². The zero-order valence-corrected chi connectivity index (χ0v) is 11.0. The molecule has 0 amide bonds. The number of aryl methyl sites for hydroxylation is 1. The summed E-state index contributed by atoms with van der Waals surface area (Å²) in [5.74, 6) is 1.57. The average Bonchev–Trinajstić information content (AvgIpc) is 2.34. The van der Waals surface area contributed by atoms with Crippen molar-refractivity contribution in [3.05, 3.63) is 23.3 Å². The number of ether oxygens (including phenoxy) is 1. The van der Waals surface area contributed by atoms with Crippen LogP contribution in [0, 0.1) is 6.92 Å². The van der Waals surface area contributed by atoms with Gasteiger partial charge in [0.15, 0.2) is 0 Å². The van der Waals surface area contributed by atoms with Gasteiger partial charge < -0.3 is 10.5 Å². The lowest BCUT2D eigenvalue weighted by Crippen LogP contribution is -2.08. The Balaban J connectivity index is 2.28. The highest BCUT2D eigenvalue weighted by Gasteiger charge is 2.18. The molecule has 2 rings (SSSR count). The van der Waals surface area contributed by atoms with Crippen LogP contribution in [0.15, 0.2) is 12.1 Å². The Morgan fingerprint density at radius 2 is 1.94 bits per heavy atom. The molecule has 1 aromatic rings. The highest BCUT2D eigenvalue weighted by Crippen LogP contribution is 2.37. The maximum Gasteiger partial charge on any atom is 0.142 e. The van der Waals surface area contributed by atoms with Crippen LogP contribution in [-0.2, 0) is 0 Å². The SMILES string of the molecule is CCOc1cc(C2CCCCC2)c(C)cc1N. The van der Waals surface area contributed by atoms with Gasteiger partial charge >= 0.3 is 0 Å². The molecule has 94 valence electrons. The fourth-order valence-electron chi connectivity index (χ4n) is 2.86. The predicted molar refractivity (Wildman–Crippen MR) is 72.6 cm³/mol. The van der Waals surface area contributed by atoms with Crippen molar-refractivity contribution in [2.24, 2.45) is 0 Å². The van der Waals surface area contributed by atoms with Crippen LogP contribution in [0.5, 0.6) is 5.75 Å². The highest BCUT2D eigenvalue weighted by molar-refractivity contribution is 5.57. The molecule has 1 aliphatic carbocycles. The molecule has 1 aliphatic rings. The first-order valence-electron chi connectivity index (χ1n) is 6.75. The molecule has 0 aromatic heterocycles. The van der Waals surface area contributed by atoms with Crippen molar-refractivity contribution in [2.75, 3.05) is 12.3 Å². The van der Waals surface area contributed by atoms with Crippen molar-refractivity contribution < 1.29 is 4.74 Å². The maximum atomic E-state index is 5.98. The molecule has 0 bridgehead atoms. The molecule has 2 heteroatoms. The van der Waals surface area contributed by atoms with Gasteiger partial charge in [-0.2, -0.15) is 0 Å². The molecule has 17 heavy (non-hydrogen) atoms. The van der Waals surface area contributed by atoms with Crippen molar-refractivity contribution in [1.29, 1.82) is 0 Å². The van der Waals surface area contributed by atoms with Gasteiger partial charge in [0.2, 0.25) is 0 Å². The summed E-state index contributed by atoms with van der Waals surface area (Å²) in [4.78, 5) is 0. The van der Waals surface area contributed by atoms with E-state index in [-0.39, 0.29) is 0 Å². The minimum absolute atomic E-state index is 0.678. The van der Waals surface area contributed by atoms with Gasteiger partial charge in [-0.05, 0) is 55.9 Å². The van der Waals surface area contributed by atoms with E-state index in [4.69, 9.17) is 10.5 Å². The largest absolute Gasteiger partial charge is 0.492 e. The number of nitrogen functional groups attached to an aromatic ring is 1. The molecule has 1 aromatic carbocycles. The van der Waals surface area contributed by atoms with Crippen molar-refractivity contribution in [3.63, 3.8) is 0 Å². The van der Waals surface area contributed by atoms with Crippen LogP contribution in [0.2, 0.25) is 0 Å². The first-order valence-corrected chi connectivity index (χ1v) is 6.75. The van der Waals surface area contributed by atoms with Crippen LogP contribution in [0.1, 0.15) is 56.1 Å². The molecule has 1 fully saturated rings. The lowest BCUT2D eigenvalue weighted by Gasteiger charge is -2.24. The van der Waals surface area contributed by atoms with E-state index in [0.717, 1.165) is 11.4 Å². The average molecular weight is 233 g/mol. The summed E-state index contributed by atoms with van der Waals surface area (Å²) < 4.78 is 5.60. The summed E-state index contributed by atoms with van der Waals surface area (Å²) in [6.07, 6.45) is 6.74. The molecule has 2 nitrogen and oxygen atoms in total. The Hall–Kier alpha value is -1.18. The van der Waals surface area contributed by atoms with E-state index < -0.39 is 0 Å². The van der Waals surface area contributed by atoms with Gasteiger partial charge in [-0.25, -0.2) is 0 Å². The second kappa shape index (κ2) is 5.44. The minimum Gasteiger partial charge on any atom is -0.492 e. The quantitative estimate of drug-likeness (QED) is 0.800. The van der Waals surface area contributed by atoms with Gasteiger partial charge in [0.05, 0.1) is 12.3 Å². The molecular weight excluding hydrogens is 210 g/mol. The second-order valence-corrected chi connectivity index (χ2v) is 5.01. The van der Waals surface area contributed by atoms with Crippen LogP contribution >= 0.6 is 0 Å². The molecule has 2 N–H and O–H groups in total. The molecule has 0 saturated heterocycles. The van der Waals surface area contributed by atoms with Crippen molar-refractivity contribution in [2.45, 2.75) is 51.9 Å². The summed E-state index contributed by atoms with van der Waals surface area (Å²) in [6.45, 7) is 4.84. The molecule has 0 heterocycles. The fourth-order valence-corrected chi connectivity index (χ4v) is 2.86. The van der Waals surface area contributed by atoms with Crippen molar-refractivity contribution in [3.8, 4) is 5.75 Å². The maximum absolute atomic E-state index is 5.98. The van der Waals surface area contributed by atoms with Gasteiger partial charge in [-0.1, -0.05) is 19.3 Å². The fraction of sp³-hybridized carbons (Fsp3) is 0.600. The Kier molecular flexibility index (Phi) is 3.93. The number of benzene rings is 1. The molecule has 0 atom stereocenters. The van der Waals surface area contributed by atoms with Gasteiger partial charge in [-0.15, -0.1) is 0 Å². The Labute approximate surface area is 104 Å². The van der Waals surface area contributed by atoms with E-state index in [1.54, 1.807) is 0 Å². The van der Waals surface area contributed by atoms with E-state index in [2.05, 4.69) is 19.1 Å². The Morgan fingerprint density at radius 3 is 2.59 bits per heavy atom. The Bertz CT molecular complexity index is 381. The molecule has 0 unspecified atom stereocenters. The third kappa shape index (κ3) is 2.74. The minimum atomic E-state index is 0.678. The number of anilines is 1. The van der Waals surface area contributed by atoms with Crippen molar-refractivity contribution in [1.82, 2.24) is 0 Å². The third-order valence-electron chi connectivity index (χ3n) is 3.74. The van der Waals surface area contributed by atoms with Crippen LogP contribution in [-0.4, -0.2) is 6.61 Å². The predicted octanol–water partition coefficient (Wildman–Crippen LogP) is 4.02. The summed E-state index contributed by atoms with van der Waals surface area (Å²) in [5, 5.41) is 0. The smallest absolute Gasteiger partial charge is 0.142 e. The van der Waals surface area contributed by atoms with Gasteiger partial charge in [0.25, 0.3) is 0 Å². The summed E-state index contributed by atoms with van der Waals surface area (Å²) in [5.41, 5.74) is 9.51. The molecular formula is C15H23NO. The summed E-state index contributed by atoms with van der Waals surface area (Å²) >= 11 is 0. The van der Waals surface area contributed by atoms with E-state index >= 15 is 0 Å². The van der Waals surface area contributed by atoms with Gasteiger partial charge in [0, 0.05) is 0 Å². The standard InChI is InChI=1S/C15H23NO/c1-3-17-15-10-13(11(2)9-14(15)16)12-7-5-4-6-8-12/h9-10,12H,3-8,16H2,1-2H3. The van der Waals surface area contributed by atoms with E-state index in [1.807, 2.05) is 6.92 Å². The zero-order chi connectivity index (χ0) is 12.3. The molecule has 1 saturated carbocycles. The molecule has 0 aliphatic heterocycles. The second-order valence-electron chi connectivity index (χ2n) is 5.01. The van der Waals surface area contributed by atoms with E-state index in [9.17, 15) is 0 Å². The molecule has 0 radical (unpaired) electrons. The van der Waals surface area contributed by atoms with Gasteiger partial charge in [0.1, 0.15) is 5.75 Å². The summed E-state index contributed by atoms with van der Waals surface area (Å²) in [6, 6.07) is 4.24. The number of hydrogen-bond donors (Lipinski definition) is 1. The highest BCUT2D eigenvalue weighted by atomic mass is 16.5. The lowest BCUT2D eigenvalue weighted by molar-refractivity contribution is 0.340. The molecule has 0 spiro atoms. The first kappa shape index (κ1) is 12.3. The lowest BCUT2D eigenvalue weighted by atomic mass is 9.82. The monoisotopic (exact) mass is 233 g/mol. The van der Waals surface area contributed by atoms with Crippen LogP contribution in [0.4, 0.5) is 5.69 Å². The van der Waals surface area contributed by atoms with Crippen molar-refractivity contribution >= 4 is 5.69 Å². The van der Waals surface area contributed by atoms with Crippen LogP contribution in [0.3, 0.4) is 0 Å². The number of hydrogen-bond acceptors (Lipinski definition) is 2. The number of nitrogens with two attached hydrogens (primary N) is 1. The first-order chi connectivity index (χ1) is 8.22. The number of rotatable bonds is 3. The third-order valence-corrected chi connectivity index (χ3v) is 3.74. The van der Waals surface area contributed by atoms with E-state index in [1.165, 1.54) is 43.2 Å². The normalized spacial score (nSPS) is 17.1. The Morgan fingerprint density at radius 1 is 1.24 bits per heavy atom.